The Morgan fingerprint density at radius 3 is 2.90 bits per heavy atom. The average molecular weight is 141 g/mol. The highest BCUT2D eigenvalue weighted by Crippen LogP contribution is 2.19. The minimum absolute atomic E-state index is 0.191. The van der Waals surface area contributed by atoms with Crippen molar-refractivity contribution in [1.82, 2.24) is 0 Å². The van der Waals surface area contributed by atoms with Crippen molar-refractivity contribution < 1.29 is 14.6 Å². The third kappa shape index (κ3) is 1.09. The van der Waals surface area contributed by atoms with E-state index in [4.69, 9.17) is 10.4 Å². The van der Waals surface area contributed by atoms with E-state index in [1.165, 1.54) is 0 Å². The molecule has 0 bridgehead atoms. The van der Waals surface area contributed by atoms with E-state index >= 15 is 0 Å². The van der Waals surface area contributed by atoms with Gasteiger partial charge in [0, 0.05) is 6.42 Å². The highest BCUT2D eigenvalue weighted by molar-refractivity contribution is 5.77. The second-order valence-electron chi connectivity index (χ2n) is 2.16. The fraction of sp³-hybridized carbons (Fsp3) is 0.667. The van der Waals surface area contributed by atoms with Crippen LogP contribution in [0.25, 0.3) is 0 Å². The molecule has 4 nitrogen and oxygen atoms in total. The third-order valence-electron chi connectivity index (χ3n) is 1.43. The molecule has 1 aliphatic rings. The van der Waals surface area contributed by atoms with Crippen molar-refractivity contribution in [2.45, 2.75) is 12.5 Å². The van der Waals surface area contributed by atoms with E-state index in [0.717, 1.165) is 0 Å². The molecule has 0 aromatic heterocycles. The number of nitrogens with zero attached hydrogens (tertiary/aromatic N) is 1. The quantitative estimate of drug-likeness (QED) is 0.496. The largest absolute Gasteiger partial charge is 0.459 e. The minimum atomic E-state index is -0.669. The normalized spacial score (nSPS) is 31.4. The number of cyclic esters (lactones) is 1. The van der Waals surface area contributed by atoms with Gasteiger partial charge in [0.25, 0.3) is 0 Å². The Labute approximate surface area is 58.0 Å². The molecule has 0 saturated carbocycles. The van der Waals surface area contributed by atoms with Gasteiger partial charge in [-0.1, -0.05) is 0 Å². The lowest BCUT2D eigenvalue weighted by Gasteiger charge is -2.00. The predicted octanol–water partition coefficient (Wildman–Crippen LogP) is -0.566. The highest BCUT2D eigenvalue weighted by Gasteiger charge is 2.33. The first-order valence-corrected chi connectivity index (χ1v) is 2.99. The molecule has 1 fully saturated rings. The number of carbonyl (C=O) groups is 1. The predicted molar refractivity (Wildman–Crippen MR) is 30.7 cm³/mol. The van der Waals surface area contributed by atoms with Crippen molar-refractivity contribution in [3.63, 3.8) is 0 Å². The molecule has 1 saturated heterocycles. The lowest BCUT2D eigenvalue weighted by atomic mass is 10.1. The minimum Gasteiger partial charge on any atom is -0.459 e. The Hall–Kier alpha value is -1.08. The van der Waals surface area contributed by atoms with Crippen molar-refractivity contribution in [3.8, 4) is 6.07 Å². The second-order valence-corrected chi connectivity index (χ2v) is 2.16. The number of nitriles is 1. The Balaban J connectivity index is 2.54. The van der Waals surface area contributed by atoms with Crippen LogP contribution in [0.1, 0.15) is 6.42 Å². The molecule has 1 heterocycles. The summed E-state index contributed by atoms with van der Waals surface area (Å²) in [6.45, 7) is -0.191. The van der Waals surface area contributed by atoms with Crippen molar-refractivity contribution in [2.24, 2.45) is 5.92 Å². The van der Waals surface area contributed by atoms with Crippen molar-refractivity contribution in [3.05, 3.63) is 0 Å². The third-order valence-corrected chi connectivity index (χ3v) is 1.43. The van der Waals surface area contributed by atoms with Crippen molar-refractivity contribution >= 4 is 5.97 Å². The summed E-state index contributed by atoms with van der Waals surface area (Å²) in [7, 11) is 0. The van der Waals surface area contributed by atoms with Gasteiger partial charge in [-0.05, 0) is 0 Å². The molecule has 4 heteroatoms. The van der Waals surface area contributed by atoms with E-state index < -0.39 is 18.0 Å². The van der Waals surface area contributed by atoms with Crippen LogP contribution in [0.2, 0.25) is 0 Å². The zero-order valence-corrected chi connectivity index (χ0v) is 5.28. The molecule has 2 atom stereocenters. The number of hydrogen-bond donors (Lipinski definition) is 1. The summed E-state index contributed by atoms with van der Waals surface area (Å²) in [5.41, 5.74) is 0. The molecule has 0 aromatic rings. The van der Waals surface area contributed by atoms with Crippen LogP contribution >= 0.6 is 0 Å². The van der Waals surface area contributed by atoms with E-state index in [1.807, 2.05) is 0 Å². The zero-order chi connectivity index (χ0) is 7.56. The van der Waals surface area contributed by atoms with Gasteiger partial charge in [-0.3, -0.25) is 4.79 Å². The number of hydrogen-bond acceptors (Lipinski definition) is 4. The molecule has 0 amide bonds. The first-order valence-electron chi connectivity index (χ1n) is 2.99. The molecular formula is C6H7NO3. The number of esters is 1. The van der Waals surface area contributed by atoms with E-state index in [-0.39, 0.29) is 6.61 Å². The maximum absolute atomic E-state index is 10.6. The van der Waals surface area contributed by atoms with Crippen LogP contribution < -0.4 is 0 Å². The van der Waals surface area contributed by atoms with Gasteiger partial charge >= 0.3 is 5.97 Å². The SMILES string of the molecule is N#CC1CC(CO)OC1=O. The van der Waals surface area contributed by atoms with Crippen molar-refractivity contribution in [1.29, 1.82) is 5.26 Å². The van der Waals surface area contributed by atoms with E-state index in [2.05, 4.69) is 4.74 Å². The summed E-state index contributed by atoms with van der Waals surface area (Å²) in [6, 6.07) is 1.79. The van der Waals surface area contributed by atoms with Crippen LogP contribution in [0.5, 0.6) is 0 Å². The molecule has 1 rings (SSSR count). The van der Waals surface area contributed by atoms with Gasteiger partial charge in [-0.15, -0.1) is 0 Å². The first-order chi connectivity index (χ1) is 4.77. The fourth-order valence-electron chi connectivity index (χ4n) is 0.871. The summed E-state index contributed by atoms with van der Waals surface area (Å²) in [5, 5.41) is 16.8. The second kappa shape index (κ2) is 2.67. The molecule has 0 spiro atoms. The Morgan fingerprint density at radius 1 is 1.90 bits per heavy atom. The maximum atomic E-state index is 10.6. The highest BCUT2D eigenvalue weighted by atomic mass is 16.6. The summed E-state index contributed by atoms with van der Waals surface area (Å²) < 4.78 is 4.60. The van der Waals surface area contributed by atoms with Crippen LogP contribution in [0, 0.1) is 17.2 Å². The number of rotatable bonds is 1. The van der Waals surface area contributed by atoms with Crippen LogP contribution in [-0.4, -0.2) is 23.8 Å². The van der Waals surface area contributed by atoms with Gasteiger partial charge in [0.2, 0.25) is 0 Å². The van der Waals surface area contributed by atoms with Crippen LogP contribution in [0.3, 0.4) is 0 Å². The summed E-state index contributed by atoms with van der Waals surface area (Å²) >= 11 is 0. The molecule has 1 aliphatic heterocycles. The lowest BCUT2D eigenvalue weighted by molar-refractivity contribution is -0.144. The van der Waals surface area contributed by atoms with E-state index in [0.29, 0.717) is 6.42 Å². The zero-order valence-electron chi connectivity index (χ0n) is 5.28. The lowest BCUT2D eigenvalue weighted by Crippen LogP contribution is -2.10. The molecule has 0 aliphatic carbocycles. The van der Waals surface area contributed by atoms with Crippen LogP contribution in [0.15, 0.2) is 0 Å². The molecule has 2 unspecified atom stereocenters. The van der Waals surface area contributed by atoms with Gasteiger partial charge in [0.05, 0.1) is 12.7 Å². The number of ether oxygens (including phenoxy) is 1. The van der Waals surface area contributed by atoms with Crippen molar-refractivity contribution in [2.75, 3.05) is 6.61 Å². The van der Waals surface area contributed by atoms with E-state index in [9.17, 15) is 4.79 Å². The molecule has 0 radical (unpaired) electrons. The van der Waals surface area contributed by atoms with Gasteiger partial charge < -0.3 is 9.84 Å². The van der Waals surface area contributed by atoms with Crippen LogP contribution in [-0.2, 0) is 9.53 Å². The number of aliphatic hydroxyl groups is 1. The van der Waals surface area contributed by atoms with Gasteiger partial charge in [0.1, 0.15) is 12.0 Å². The number of carbonyl (C=O) groups excluding carboxylic acids is 1. The van der Waals surface area contributed by atoms with Gasteiger partial charge in [-0.2, -0.15) is 5.26 Å². The fourth-order valence-corrected chi connectivity index (χ4v) is 0.871. The smallest absolute Gasteiger partial charge is 0.323 e. The van der Waals surface area contributed by atoms with Gasteiger partial charge in [-0.25, -0.2) is 0 Å². The average Bonchev–Trinajstić information content (AvgIpc) is 2.30. The topological polar surface area (TPSA) is 70.3 Å². The summed E-state index contributed by atoms with van der Waals surface area (Å²) in [5.74, 6) is -1.18. The molecule has 0 aromatic carbocycles. The standard InChI is InChI=1S/C6H7NO3/c7-2-4-1-5(3-8)10-6(4)9/h4-5,8H,1,3H2. The maximum Gasteiger partial charge on any atom is 0.323 e. The Kier molecular flexibility index (Phi) is 1.88. The van der Waals surface area contributed by atoms with Crippen LogP contribution in [0.4, 0.5) is 0 Å². The summed E-state index contributed by atoms with van der Waals surface area (Å²) in [6.07, 6.45) is -0.136. The molecule has 1 N–H and O–H groups in total. The first kappa shape index (κ1) is 7.03. The summed E-state index contributed by atoms with van der Waals surface area (Å²) in [4.78, 5) is 10.6. The monoisotopic (exact) mass is 141 g/mol. The number of aliphatic hydroxyl groups excluding tert-OH is 1. The molecule has 10 heavy (non-hydrogen) atoms. The molecular weight excluding hydrogens is 134 g/mol. The Morgan fingerprint density at radius 2 is 2.60 bits per heavy atom. The van der Waals surface area contributed by atoms with E-state index in [1.54, 1.807) is 6.07 Å². The molecule has 54 valence electrons. The van der Waals surface area contributed by atoms with Gasteiger partial charge in [0.15, 0.2) is 0 Å². The Bertz CT molecular complexity index is 184.